The van der Waals surface area contributed by atoms with Crippen LogP contribution in [0.2, 0.25) is 0 Å². The van der Waals surface area contributed by atoms with Gasteiger partial charge in [0.25, 0.3) is 0 Å². The summed E-state index contributed by atoms with van der Waals surface area (Å²) in [5.74, 6) is 0.699. The van der Waals surface area contributed by atoms with Gasteiger partial charge in [-0.3, -0.25) is 4.79 Å². The van der Waals surface area contributed by atoms with Crippen LogP contribution in [0.15, 0.2) is 24.7 Å². The third kappa shape index (κ3) is 3.27. The van der Waals surface area contributed by atoms with Crippen molar-refractivity contribution in [1.82, 2.24) is 20.3 Å². The molecule has 6 nitrogen and oxygen atoms in total. The van der Waals surface area contributed by atoms with Crippen molar-refractivity contribution >= 4 is 5.91 Å². The number of aryl methyl sites for hydroxylation is 1. The van der Waals surface area contributed by atoms with Crippen LogP contribution in [-0.4, -0.2) is 27.5 Å². The summed E-state index contributed by atoms with van der Waals surface area (Å²) < 4.78 is 5.36. The van der Waals surface area contributed by atoms with Crippen LogP contribution in [0, 0.1) is 5.92 Å². The maximum absolute atomic E-state index is 12.3. The first-order valence-electron chi connectivity index (χ1n) is 7.63. The predicted octanol–water partition coefficient (Wildman–Crippen LogP) is 1.62. The molecule has 0 saturated heterocycles. The number of hydrogen-bond donors (Lipinski definition) is 2. The van der Waals surface area contributed by atoms with E-state index in [0.29, 0.717) is 19.0 Å². The maximum Gasteiger partial charge on any atom is 0.223 e. The topological polar surface area (TPSA) is 79.9 Å². The number of carbonyl (C=O) groups is 1. The molecule has 0 aromatic carbocycles. The minimum absolute atomic E-state index is 0.0150. The Bertz CT molecular complexity index is 653. The number of H-pyrrole nitrogens is 1. The molecule has 0 radical (unpaired) electrons. The molecule has 0 unspecified atom stereocenters. The Labute approximate surface area is 129 Å². The number of imidazole rings is 1. The SMILES string of the molecule is CCOc1cc(CNC(=O)[C@@H]2CCc3nc[nH]c3C2)ccn1. The Hall–Kier alpha value is -2.37. The molecule has 1 aliphatic carbocycles. The fraction of sp³-hybridized carbons (Fsp3) is 0.438. The van der Waals surface area contributed by atoms with Crippen molar-refractivity contribution in [1.29, 1.82) is 0 Å². The van der Waals surface area contributed by atoms with Gasteiger partial charge >= 0.3 is 0 Å². The second kappa shape index (κ2) is 6.60. The van der Waals surface area contributed by atoms with Crippen molar-refractivity contribution in [3.05, 3.63) is 41.6 Å². The second-order valence-corrected chi connectivity index (χ2v) is 5.42. The highest BCUT2D eigenvalue weighted by molar-refractivity contribution is 5.79. The fourth-order valence-electron chi connectivity index (χ4n) is 2.75. The lowest BCUT2D eigenvalue weighted by molar-refractivity contribution is -0.125. The minimum atomic E-state index is 0.0150. The lowest BCUT2D eigenvalue weighted by Gasteiger charge is -2.20. The van der Waals surface area contributed by atoms with Crippen LogP contribution in [0.5, 0.6) is 5.88 Å². The quantitative estimate of drug-likeness (QED) is 0.879. The highest BCUT2D eigenvalue weighted by atomic mass is 16.5. The second-order valence-electron chi connectivity index (χ2n) is 5.42. The first kappa shape index (κ1) is 14.6. The molecule has 0 bridgehead atoms. The lowest BCUT2D eigenvalue weighted by Crippen LogP contribution is -2.33. The van der Waals surface area contributed by atoms with E-state index in [9.17, 15) is 4.79 Å². The van der Waals surface area contributed by atoms with E-state index >= 15 is 0 Å². The van der Waals surface area contributed by atoms with Gasteiger partial charge in [0.05, 0.1) is 18.6 Å². The van der Waals surface area contributed by atoms with Gasteiger partial charge in [-0.1, -0.05) is 0 Å². The number of aromatic nitrogens is 3. The number of nitrogens with zero attached hydrogens (tertiary/aromatic N) is 2. The number of fused-ring (bicyclic) bond motifs is 1. The number of amides is 1. The molecule has 1 atom stereocenters. The van der Waals surface area contributed by atoms with Crippen LogP contribution in [0.3, 0.4) is 0 Å². The average molecular weight is 300 g/mol. The van der Waals surface area contributed by atoms with Gasteiger partial charge in [0.15, 0.2) is 0 Å². The molecule has 6 heteroatoms. The molecule has 0 fully saturated rings. The summed E-state index contributed by atoms with van der Waals surface area (Å²) in [4.78, 5) is 23.8. The van der Waals surface area contributed by atoms with Crippen molar-refractivity contribution < 1.29 is 9.53 Å². The van der Waals surface area contributed by atoms with Crippen LogP contribution in [0.4, 0.5) is 0 Å². The molecular formula is C16H20N4O2. The van der Waals surface area contributed by atoms with Gasteiger partial charge in [0.1, 0.15) is 0 Å². The fourth-order valence-corrected chi connectivity index (χ4v) is 2.75. The van der Waals surface area contributed by atoms with Gasteiger partial charge < -0.3 is 15.0 Å². The summed E-state index contributed by atoms with van der Waals surface area (Å²) in [6.45, 7) is 2.99. The summed E-state index contributed by atoms with van der Waals surface area (Å²) in [6, 6.07) is 3.74. The lowest BCUT2D eigenvalue weighted by atomic mass is 9.89. The summed E-state index contributed by atoms with van der Waals surface area (Å²) >= 11 is 0. The molecule has 1 aliphatic rings. The monoisotopic (exact) mass is 300 g/mol. The molecule has 0 aliphatic heterocycles. The summed E-state index contributed by atoms with van der Waals surface area (Å²) in [7, 11) is 0. The number of pyridine rings is 1. The van der Waals surface area contributed by atoms with Crippen molar-refractivity contribution in [3.8, 4) is 5.88 Å². The van der Waals surface area contributed by atoms with Gasteiger partial charge in [-0.15, -0.1) is 0 Å². The molecule has 1 amide bonds. The van der Waals surface area contributed by atoms with E-state index in [-0.39, 0.29) is 11.8 Å². The number of hydrogen-bond acceptors (Lipinski definition) is 4. The smallest absolute Gasteiger partial charge is 0.223 e. The van der Waals surface area contributed by atoms with E-state index in [1.807, 2.05) is 19.1 Å². The van der Waals surface area contributed by atoms with E-state index < -0.39 is 0 Å². The number of ether oxygens (including phenoxy) is 1. The van der Waals surface area contributed by atoms with E-state index in [4.69, 9.17) is 4.74 Å². The van der Waals surface area contributed by atoms with Crippen LogP contribution in [0.1, 0.15) is 30.3 Å². The van der Waals surface area contributed by atoms with E-state index in [1.54, 1.807) is 12.5 Å². The van der Waals surface area contributed by atoms with Crippen LogP contribution >= 0.6 is 0 Å². The van der Waals surface area contributed by atoms with Gasteiger partial charge in [0.2, 0.25) is 11.8 Å². The molecule has 116 valence electrons. The van der Waals surface area contributed by atoms with E-state index in [1.165, 1.54) is 0 Å². The van der Waals surface area contributed by atoms with Crippen LogP contribution in [0.25, 0.3) is 0 Å². The van der Waals surface area contributed by atoms with Crippen molar-refractivity contribution in [3.63, 3.8) is 0 Å². The zero-order valence-electron chi connectivity index (χ0n) is 12.6. The summed E-state index contributed by atoms with van der Waals surface area (Å²) in [5, 5.41) is 3.00. The maximum atomic E-state index is 12.3. The average Bonchev–Trinajstić information content (AvgIpc) is 3.01. The van der Waals surface area contributed by atoms with Crippen LogP contribution in [-0.2, 0) is 24.2 Å². The third-order valence-corrected chi connectivity index (χ3v) is 3.92. The first-order chi connectivity index (χ1) is 10.8. The summed E-state index contributed by atoms with van der Waals surface area (Å²) in [6.07, 6.45) is 5.85. The van der Waals surface area contributed by atoms with Gasteiger partial charge in [-0.05, 0) is 31.4 Å². The number of rotatable bonds is 5. The molecule has 2 N–H and O–H groups in total. The molecular weight excluding hydrogens is 280 g/mol. The molecule has 0 saturated carbocycles. The molecule has 2 aromatic heterocycles. The minimum Gasteiger partial charge on any atom is -0.478 e. The van der Waals surface area contributed by atoms with Gasteiger partial charge in [-0.25, -0.2) is 9.97 Å². The van der Waals surface area contributed by atoms with E-state index in [0.717, 1.165) is 36.2 Å². The Balaban J connectivity index is 1.55. The molecule has 22 heavy (non-hydrogen) atoms. The zero-order chi connectivity index (χ0) is 15.4. The third-order valence-electron chi connectivity index (χ3n) is 3.92. The van der Waals surface area contributed by atoms with E-state index in [2.05, 4.69) is 20.3 Å². The van der Waals surface area contributed by atoms with Crippen molar-refractivity contribution in [2.45, 2.75) is 32.7 Å². The predicted molar refractivity (Wildman–Crippen MR) is 81.4 cm³/mol. The van der Waals surface area contributed by atoms with Crippen molar-refractivity contribution in [2.75, 3.05) is 6.61 Å². The Morgan fingerprint density at radius 3 is 3.27 bits per heavy atom. The molecule has 2 aromatic rings. The number of nitrogens with one attached hydrogen (secondary N) is 2. The summed E-state index contributed by atoms with van der Waals surface area (Å²) in [5.41, 5.74) is 3.18. The molecule has 2 heterocycles. The van der Waals surface area contributed by atoms with Gasteiger partial charge in [-0.2, -0.15) is 0 Å². The molecule has 0 spiro atoms. The largest absolute Gasteiger partial charge is 0.478 e. The Morgan fingerprint density at radius 1 is 1.50 bits per heavy atom. The first-order valence-corrected chi connectivity index (χ1v) is 7.63. The number of aromatic amines is 1. The highest BCUT2D eigenvalue weighted by Crippen LogP contribution is 2.23. The zero-order valence-corrected chi connectivity index (χ0v) is 12.6. The number of carbonyl (C=O) groups excluding carboxylic acids is 1. The van der Waals surface area contributed by atoms with Gasteiger partial charge in [0, 0.05) is 36.8 Å². The van der Waals surface area contributed by atoms with Crippen molar-refractivity contribution in [2.24, 2.45) is 5.92 Å². The standard InChI is InChI=1S/C16H20N4O2/c1-2-22-15-7-11(5-6-17-15)9-18-16(21)12-3-4-13-14(8-12)20-10-19-13/h5-7,10,12H,2-4,8-9H2,1H3,(H,18,21)(H,19,20)/t12-/m1/s1. The normalized spacial score (nSPS) is 16.9. The van der Waals surface area contributed by atoms with Crippen LogP contribution < -0.4 is 10.1 Å². The Morgan fingerprint density at radius 2 is 2.41 bits per heavy atom. The highest BCUT2D eigenvalue weighted by Gasteiger charge is 2.25. The Kier molecular flexibility index (Phi) is 4.37. The molecule has 3 rings (SSSR count).